The van der Waals surface area contributed by atoms with Crippen LogP contribution in [0.5, 0.6) is 0 Å². The second kappa shape index (κ2) is 9.24. The molecule has 7 nitrogen and oxygen atoms in total. The fourth-order valence-corrected chi connectivity index (χ4v) is 2.66. The molecule has 2 aromatic heterocycles. The molecule has 28 heavy (non-hydrogen) atoms. The van der Waals surface area contributed by atoms with E-state index in [1.165, 1.54) is 17.4 Å². The Morgan fingerprint density at radius 3 is 2.57 bits per heavy atom. The number of furan rings is 2. The average Bonchev–Trinajstić information content (AvgIpc) is 3.41. The number of carbonyl (C=O) groups excluding carboxylic acids is 2. The Morgan fingerprint density at radius 1 is 1.04 bits per heavy atom. The van der Waals surface area contributed by atoms with Gasteiger partial charge in [-0.25, -0.2) is 4.79 Å². The SMILES string of the molecule is N#CCCN(Cc1ccco1)C(=O)COC(=O)c1occc1-c1ccccc1. The lowest BCUT2D eigenvalue weighted by molar-refractivity contribution is -0.135. The van der Waals surface area contributed by atoms with Gasteiger partial charge in [0, 0.05) is 12.1 Å². The van der Waals surface area contributed by atoms with Crippen LogP contribution in [-0.2, 0) is 16.1 Å². The van der Waals surface area contributed by atoms with Crippen molar-refractivity contribution in [1.82, 2.24) is 4.90 Å². The van der Waals surface area contributed by atoms with E-state index >= 15 is 0 Å². The molecule has 0 saturated heterocycles. The third kappa shape index (κ3) is 4.68. The van der Waals surface area contributed by atoms with E-state index in [9.17, 15) is 9.59 Å². The lowest BCUT2D eigenvalue weighted by Gasteiger charge is -2.20. The fraction of sp³-hybridized carbons (Fsp3) is 0.190. The number of hydrogen-bond donors (Lipinski definition) is 0. The number of carbonyl (C=O) groups is 2. The van der Waals surface area contributed by atoms with Crippen LogP contribution in [0.15, 0.2) is 69.9 Å². The second-order valence-corrected chi connectivity index (χ2v) is 5.91. The molecular formula is C21H18N2O5. The van der Waals surface area contributed by atoms with Gasteiger partial charge in [-0.3, -0.25) is 4.79 Å². The van der Waals surface area contributed by atoms with Gasteiger partial charge < -0.3 is 18.5 Å². The first-order valence-corrected chi connectivity index (χ1v) is 8.66. The third-order valence-corrected chi connectivity index (χ3v) is 4.04. The zero-order valence-corrected chi connectivity index (χ0v) is 15.0. The Bertz CT molecular complexity index is 954. The van der Waals surface area contributed by atoms with Crippen molar-refractivity contribution in [3.05, 3.63) is 72.6 Å². The topological polar surface area (TPSA) is 96.7 Å². The average molecular weight is 378 g/mol. The summed E-state index contributed by atoms with van der Waals surface area (Å²) in [5.41, 5.74) is 1.40. The molecule has 0 saturated carbocycles. The van der Waals surface area contributed by atoms with Gasteiger partial charge in [-0.15, -0.1) is 0 Å². The molecule has 0 unspecified atom stereocenters. The van der Waals surface area contributed by atoms with Gasteiger partial charge in [0.2, 0.25) is 5.76 Å². The molecule has 142 valence electrons. The molecule has 0 N–H and O–H groups in total. The first-order chi connectivity index (χ1) is 13.7. The normalized spacial score (nSPS) is 10.2. The Labute approximate surface area is 161 Å². The summed E-state index contributed by atoms with van der Waals surface area (Å²) in [5, 5.41) is 8.80. The van der Waals surface area contributed by atoms with Crippen molar-refractivity contribution < 1.29 is 23.2 Å². The van der Waals surface area contributed by atoms with Crippen LogP contribution in [0, 0.1) is 11.3 Å². The van der Waals surface area contributed by atoms with Crippen molar-refractivity contribution in [2.75, 3.05) is 13.2 Å². The quantitative estimate of drug-likeness (QED) is 0.555. The molecule has 3 aromatic rings. The smallest absolute Gasteiger partial charge is 0.375 e. The van der Waals surface area contributed by atoms with Gasteiger partial charge in [0.05, 0.1) is 31.6 Å². The van der Waals surface area contributed by atoms with Gasteiger partial charge in [-0.1, -0.05) is 30.3 Å². The molecule has 0 radical (unpaired) electrons. The van der Waals surface area contributed by atoms with E-state index in [2.05, 4.69) is 0 Å². The van der Waals surface area contributed by atoms with Gasteiger partial charge in [0.15, 0.2) is 6.61 Å². The summed E-state index contributed by atoms with van der Waals surface area (Å²) in [7, 11) is 0. The van der Waals surface area contributed by atoms with Crippen molar-refractivity contribution in [1.29, 1.82) is 5.26 Å². The largest absolute Gasteiger partial charge is 0.467 e. The number of rotatable bonds is 8. The molecule has 0 aliphatic carbocycles. The first-order valence-electron chi connectivity index (χ1n) is 8.66. The Kier molecular flexibility index (Phi) is 6.26. The van der Waals surface area contributed by atoms with Crippen LogP contribution in [-0.4, -0.2) is 29.9 Å². The highest BCUT2D eigenvalue weighted by molar-refractivity contribution is 5.95. The lowest BCUT2D eigenvalue weighted by Crippen LogP contribution is -2.35. The van der Waals surface area contributed by atoms with Crippen molar-refractivity contribution in [2.24, 2.45) is 0 Å². The summed E-state index contributed by atoms with van der Waals surface area (Å²) in [6.45, 7) is -0.0510. The molecule has 7 heteroatoms. The van der Waals surface area contributed by atoms with Crippen LogP contribution in [0.1, 0.15) is 22.7 Å². The zero-order chi connectivity index (χ0) is 19.8. The van der Waals surface area contributed by atoms with E-state index in [0.717, 1.165) is 5.56 Å². The molecule has 2 heterocycles. The van der Waals surface area contributed by atoms with E-state index in [1.807, 2.05) is 36.4 Å². The molecule has 3 rings (SSSR count). The van der Waals surface area contributed by atoms with Crippen molar-refractivity contribution >= 4 is 11.9 Å². The van der Waals surface area contributed by atoms with Gasteiger partial charge >= 0.3 is 5.97 Å². The van der Waals surface area contributed by atoms with E-state index in [1.54, 1.807) is 18.2 Å². The van der Waals surface area contributed by atoms with Crippen LogP contribution in [0.2, 0.25) is 0 Å². The number of ether oxygens (including phenoxy) is 1. The maximum Gasteiger partial charge on any atom is 0.375 e. The summed E-state index contributed by atoms with van der Waals surface area (Å²) in [4.78, 5) is 26.3. The van der Waals surface area contributed by atoms with Crippen molar-refractivity contribution in [2.45, 2.75) is 13.0 Å². The lowest BCUT2D eigenvalue weighted by atomic mass is 10.1. The number of nitrogens with zero attached hydrogens (tertiary/aromatic N) is 2. The number of esters is 1. The molecule has 1 aromatic carbocycles. The van der Waals surface area contributed by atoms with Crippen LogP contribution >= 0.6 is 0 Å². The molecule has 0 fully saturated rings. The Hall–Kier alpha value is -3.79. The zero-order valence-electron chi connectivity index (χ0n) is 15.0. The van der Waals surface area contributed by atoms with Crippen LogP contribution in [0.25, 0.3) is 11.1 Å². The summed E-state index contributed by atoms with van der Waals surface area (Å²) < 4.78 is 15.7. The molecule has 0 aliphatic rings. The standard InChI is InChI=1S/C21H18N2O5/c22-10-5-11-23(14-17-8-4-12-26-17)19(24)15-28-21(25)20-18(9-13-27-20)16-6-2-1-3-7-16/h1-4,6-9,12-13H,5,11,14-15H2. The first kappa shape index (κ1) is 19.0. The van der Waals surface area contributed by atoms with Crippen molar-refractivity contribution in [3.63, 3.8) is 0 Å². The predicted molar refractivity (Wildman–Crippen MR) is 98.8 cm³/mol. The summed E-state index contributed by atoms with van der Waals surface area (Å²) >= 11 is 0. The van der Waals surface area contributed by atoms with Gasteiger partial charge in [0.25, 0.3) is 5.91 Å². The maximum atomic E-state index is 12.5. The highest BCUT2D eigenvalue weighted by Gasteiger charge is 2.21. The highest BCUT2D eigenvalue weighted by Crippen LogP contribution is 2.25. The number of benzene rings is 1. The minimum Gasteiger partial charge on any atom is -0.467 e. The van der Waals surface area contributed by atoms with E-state index in [4.69, 9.17) is 18.8 Å². The van der Waals surface area contributed by atoms with Gasteiger partial charge in [-0.05, 0) is 23.8 Å². The number of hydrogen-bond acceptors (Lipinski definition) is 6. The van der Waals surface area contributed by atoms with Gasteiger partial charge in [-0.2, -0.15) is 5.26 Å². The number of nitriles is 1. The summed E-state index contributed by atoms with van der Waals surface area (Å²) in [6, 6.07) is 16.4. The Morgan fingerprint density at radius 2 is 1.86 bits per heavy atom. The van der Waals surface area contributed by atoms with Crippen LogP contribution in [0.4, 0.5) is 0 Å². The second-order valence-electron chi connectivity index (χ2n) is 5.91. The van der Waals surface area contributed by atoms with Gasteiger partial charge in [0.1, 0.15) is 5.76 Å². The molecule has 0 bridgehead atoms. The van der Waals surface area contributed by atoms with Crippen molar-refractivity contribution in [3.8, 4) is 17.2 Å². The minimum atomic E-state index is -0.726. The van der Waals surface area contributed by atoms with Crippen LogP contribution in [0.3, 0.4) is 0 Å². The number of amides is 1. The van der Waals surface area contributed by atoms with E-state index in [0.29, 0.717) is 11.3 Å². The van der Waals surface area contributed by atoms with Crippen LogP contribution < -0.4 is 0 Å². The molecule has 0 spiro atoms. The minimum absolute atomic E-state index is 0.0357. The van der Waals surface area contributed by atoms with E-state index in [-0.39, 0.29) is 25.3 Å². The van der Waals surface area contributed by atoms with E-state index < -0.39 is 18.5 Å². The molecule has 0 aliphatic heterocycles. The fourth-order valence-electron chi connectivity index (χ4n) is 2.66. The molecule has 0 atom stereocenters. The predicted octanol–water partition coefficient (Wildman–Crippen LogP) is 3.64. The summed E-state index contributed by atoms with van der Waals surface area (Å²) in [6.07, 6.45) is 3.07. The Balaban J connectivity index is 1.64. The monoisotopic (exact) mass is 378 g/mol. The molecular weight excluding hydrogens is 360 g/mol. The maximum absolute atomic E-state index is 12.5. The third-order valence-electron chi connectivity index (χ3n) is 4.04. The summed E-state index contributed by atoms with van der Waals surface area (Å²) in [5.74, 6) is -0.535. The molecule has 1 amide bonds. The highest BCUT2D eigenvalue weighted by atomic mass is 16.5.